The molecule has 0 N–H and O–H groups in total. The predicted molar refractivity (Wildman–Crippen MR) is 37.7 cm³/mol. The third-order valence-electron chi connectivity index (χ3n) is 1.82. The van der Waals surface area contributed by atoms with E-state index in [2.05, 4.69) is 17.0 Å². The molecule has 0 amide bonds. The summed E-state index contributed by atoms with van der Waals surface area (Å²) in [6.07, 6.45) is 4.38. The Morgan fingerprint density at radius 3 is 3.00 bits per heavy atom. The molecule has 3 nitrogen and oxygen atoms in total. The van der Waals surface area contributed by atoms with Gasteiger partial charge in [0, 0.05) is 12.5 Å². The third kappa shape index (κ3) is 0.916. The summed E-state index contributed by atoms with van der Waals surface area (Å²) in [7, 11) is 0. The van der Waals surface area contributed by atoms with Crippen LogP contribution in [0.2, 0.25) is 0 Å². The summed E-state index contributed by atoms with van der Waals surface area (Å²) in [6, 6.07) is 0. The highest BCUT2D eigenvalue weighted by molar-refractivity contribution is 5.02. The standard InChI is InChI=1S/C7H11N3/c1-2-10-5-8-7(9-10)6-3-4-6/h5-6H,2-4H2,1H3. The van der Waals surface area contributed by atoms with Crippen molar-refractivity contribution in [3.8, 4) is 0 Å². The fraction of sp³-hybridized carbons (Fsp3) is 0.714. The van der Waals surface area contributed by atoms with E-state index in [1.54, 1.807) is 0 Å². The summed E-state index contributed by atoms with van der Waals surface area (Å²) in [5.41, 5.74) is 0. The van der Waals surface area contributed by atoms with E-state index in [9.17, 15) is 0 Å². The molecule has 1 aliphatic rings. The molecule has 0 atom stereocenters. The largest absolute Gasteiger partial charge is 0.253 e. The number of aryl methyl sites for hydroxylation is 1. The molecule has 0 radical (unpaired) electrons. The van der Waals surface area contributed by atoms with Crippen LogP contribution in [0.5, 0.6) is 0 Å². The van der Waals surface area contributed by atoms with E-state index in [4.69, 9.17) is 0 Å². The van der Waals surface area contributed by atoms with Crippen LogP contribution in [0.1, 0.15) is 31.5 Å². The molecular weight excluding hydrogens is 126 g/mol. The average molecular weight is 137 g/mol. The molecule has 1 aromatic heterocycles. The molecule has 3 heteroatoms. The lowest BCUT2D eigenvalue weighted by atomic mass is 10.4. The van der Waals surface area contributed by atoms with E-state index in [1.807, 2.05) is 11.0 Å². The lowest BCUT2D eigenvalue weighted by Gasteiger charge is -1.88. The Bertz CT molecular complexity index is 225. The molecule has 2 rings (SSSR count). The highest BCUT2D eigenvalue weighted by Gasteiger charge is 2.27. The summed E-state index contributed by atoms with van der Waals surface area (Å²) in [5.74, 6) is 1.73. The van der Waals surface area contributed by atoms with Crippen molar-refractivity contribution in [2.45, 2.75) is 32.2 Å². The summed E-state index contributed by atoms with van der Waals surface area (Å²) in [6.45, 7) is 3.01. The average Bonchev–Trinajstić information content (AvgIpc) is 2.70. The minimum Gasteiger partial charge on any atom is -0.253 e. The van der Waals surface area contributed by atoms with Crippen molar-refractivity contribution in [2.24, 2.45) is 0 Å². The van der Waals surface area contributed by atoms with Gasteiger partial charge in [0.2, 0.25) is 0 Å². The molecule has 0 saturated heterocycles. The molecule has 0 bridgehead atoms. The third-order valence-corrected chi connectivity index (χ3v) is 1.82. The Morgan fingerprint density at radius 1 is 1.70 bits per heavy atom. The molecule has 0 aromatic carbocycles. The van der Waals surface area contributed by atoms with Gasteiger partial charge in [-0.1, -0.05) is 0 Å². The minimum absolute atomic E-state index is 0.688. The second-order valence-corrected chi connectivity index (χ2v) is 2.73. The Kier molecular flexibility index (Phi) is 1.22. The molecule has 1 aromatic rings. The van der Waals surface area contributed by atoms with Crippen LogP contribution in [0.4, 0.5) is 0 Å². The first-order chi connectivity index (χ1) is 4.90. The normalized spacial score (nSPS) is 17.7. The smallest absolute Gasteiger partial charge is 0.153 e. The van der Waals surface area contributed by atoms with Gasteiger partial charge in [0.1, 0.15) is 6.33 Å². The Morgan fingerprint density at radius 2 is 2.50 bits per heavy atom. The number of nitrogens with zero attached hydrogens (tertiary/aromatic N) is 3. The first kappa shape index (κ1) is 5.89. The van der Waals surface area contributed by atoms with Crippen LogP contribution in [0, 0.1) is 0 Å². The lowest BCUT2D eigenvalue weighted by Crippen LogP contribution is -1.94. The van der Waals surface area contributed by atoms with Gasteiger partial charge in [-0.25, -0.2) is 4.98 Å². The maximum absolute atomic E-state index is 4.30. The summed E-state index contributed by atoms with van der Waals surface area (Å²) in [4.78, 5) is 4.20. The molecule has 0 unspecified atom stereocenters. The predicted octanol–water partition coefficient (Wildman–Crippen LogP) is 1.18. The summed E-state index contributed by atoms with van der Waals surface area (Å²) >= 11 is 0. The lowest BCUT2D eigenvalue weighted by molar-refractivity contribution is 0.647. The Balaban J connectivity index is 2.19. The fourth-order valence-corrected chi connectivity index (χ4v) is 0.990. The van der Waals surface area contributed by atoms with Crippen molar-refractivity contribution < 1.29 is 0 Å². The Hall–Kier alpha value is -0.860. The van der Waals surface area contributed by atoms with Gasteiger partial charge in [0.15, 0.2) is 5.82 Å². The zero-order valence-electron chi connectivity index (χ0n) is 6.12. The van der Waals surface area contributed by atoms with Crippen LogP contribution in [-0.2, 0) is 6.54 Å². The zero-order valence-corrected chi connectivity index (χ0v) is 6.12. The first-order valence-electron chi connectivity index (χ1n) is 3.79. The van der Waals surface area contributed by atoms with E-state index in [0.29, 0.717) is 5.92 Å². The van der Waals surface area contributed by atoms with Gasteiger partial charge in [0.25, 0.3) is 0 Å². The van der Waals surface area contributed by atoms with E-state index in [-0.39, 0.29) is 0 Å². The molecule has 1 saturated carbocycles. The van der Waals surface area contributed by atoms with Crippen LogP contribution in [0.15, 0.2) is 6.33 Å². The molecule has 1 heterocycles. The topological polar surface area (TPSA) is 30.7 Å². The van der Waals surface area contributed by atoms with Crippen molar-refractivity contribution in [1.29, 1.82) is 0 Å². The second kappa shape index (κ2) is 2.08. The van der Waals surface area contributed by atoms with E-state index < -0.39 is 0 Å². The van der Waals surface area contributed by atoms with Gasteiger partial charge < -0.3 is 0 Å². The minimum atomic E-state index is 0.688. The summed E-state index contributed by atoms with van der Waals surface area (Å²) < 4.78 is 1.88. The Labute approximate surface area is 60.1 Å². The van der Waals surface area contributed by atoms with Crippen molar-refractivity contribution in [3.63, 3.8) is 0 Å². The van der Waals surface area contributed by atoms with Gasteiger partial charge in [-0.3, -0.25) is 4.68 Å². The number of hydrogen-bond donors (Lipinski definition) is 0. The fourth-order valence-electron chi connectivity index (χ4n) is 0.990. The van der Waals surface area contributed by atoms with Crippen LogP contribution in [0.3, 0.4) is 0 Å². The number of aromatic nitrogens is 3. The molecule has 10 heavy (non-hydrogen) atoms. The van der Waals surface area contributed by atoms with Gasteiger partial charge in [-0.15, -0.1) is 0 Å². The molecule has 1 aliphatic carbocycles. The van der Waals surface area contributed by atoms with Crippen LogP contribution in [-0.4, -0.2) is 14.8 Å². The molecule has 1 fully saturated rings. The maximum atomic E-state index is 4.30. The van der Waals surface area contributed by atoms with Gasteiger partial charge in [-0.2, -0.15) is 5.10 Å². The SMILES string of the molecule is CCn1cnc(C2CC2)n1. The first-order valence-corrected chi connectivity index (χ1v) is 3.79. The van der Waals surface area contributed by atoms with E-state index >= 15 is 0 Å². The van der Waals surface area contributed by atoms with Gasteiger partial charge >= 0.3 is 0 Å². The van der Waals surface area contributed by atoms with E-state index in [0.717, 1.165) is 12.4 Å². The molecule has 54 valence electrons. The van der Waals surface area contributed by atoms with Gasteiger partial charge in [0.05, 0.1) is 0 Å². The van der Waals surface area contributed by atoms with Crippen molar-refractivity contribution >= 4 is 0 Å². The zero-order chi connectivity index (χ0) is 6.97. The number of rotatable bonds is 2. The monoisotopic (exact) mass is 137 g/mol. The van der Waals surface area contributed by atoms with Crippen molar-refractivity contribution in [2.75, 3.05) is 0 Å². The molecule has 0 aliphatic heterocycles. The van der Waals surface area contributed by atoms with Crippen LogP contribution >= 0.6 is 0 Å². The van der Waals surface area contributed by atoms with Crippen LogP contribution in [0.25, 0.3) is 0 Å². The highest BCUT2D eigenvalue weighted by atomic mass is 15.3. The highest BCUT2D eigenvalue weighted by Crippen LogP contribution is 2.37. The van der Waals surface area contributed by atoms with Crippen LogP contribution < -0.4 is 0 Å². The van der Waals surface area contributed by atoms with Crippen molar-refractivity contribution in [3.05, 3.63) is 12.2 Å². The maximum Gasteiger partial charge on any atom is 0.153 e. The quantitative estimate of drug-likeness (QED) is 0.612. The molecular formula is C7H11N3. The second-order valence-electron chi connectivity index (χ2n) is 2.73. The van der Waals surface area contributed by atoms with Gasteiger partial charge in [-0.05, 0) is 19.8 Å². The summed E-state index contributed by atoms with van der Waals surface area (Å²) in [5, 5.41) is 4.30. The number of hydrogen-bond acceptors (Lipinski definition) is 2. The van der Waals surface area contributed by atoms with E-state index in [1.165, 1.54) is 12.8 Å². The molecule has 0 spiro atoms. The van der Waals surface area contributed by atoms with Crippen molar-refractivity contribution in [1.82, 2.24) is 14.8 Å².